The molecule has 2 nitrogen and oxygen atoms in total. The second kappa shape index (κ2) is 6.53. The number of Topliss-reactive ketones (excluding diaryl/α,β-unsaturated/α-hetero) is 1. The Morgan fingerprint density at radius 1 is 1.15 bits per heavy atom. The summed E-state index contributed by atoms with van der Waals surface area (Å²) < 4.78 is 0. The molecule has 110 valence electrons. The first-order valence-electron chi connectivity index (χ1n) is 7.85. The summed E-state index contributed by atoms with van der Waals surface area (Å²) in [7, 11) is 0. The van der Waals surface area contributed by atoms with Gasteiger partial charge < -0.3 is 0 Å². The molecule has 0 radical (unpaired) electrons. The molecular weight excluding hydrogens is 246 g/mol. The summed E-state index contributed by atoms with van der Waals surface area (Å²) in [6, 6.07) is 8.09. The molecule has 1 aromatic carbocycles. The number of aryl methyl sites for hydroxylation is 1. The number of likely N-dealkylation sites (tertiary alicyclic amines) is 1. The minimum absolute atomic E-state index is 0.257. The van der Waals surface area contributed by atoms with E-state index in [1.807, 2.05) is 12.1 Å². The lowest BCUT2D eigenvalue weighted by Crippen LogP contribution is -2.31. The quantitative estimate of drug-likeness (QED) is 0.774. The van der Waals surface area contributed by atoms with Crippen LogP contribution in [0.1, 0.15) is 56.0 Å². The smallest absolute Gasteiger partial charge is 0.176 e. The fourth-order valence-corrected chi connectivity index (χ4v) is 2.86. The van der Waals surface area contributed by atoms with Crippen LogP contribution in [-0.2, 0) is 6.42 Å². The molecule has 0 unspecified atom stereocenters. The Hall–Kier alpha value is -1.15. The Morgan fingerprint density at radius 2 is 1.85 bits per heavy atom. The van der Waals surface area contributed by atoms with Gasteiger partial charge in [-0.25, -0.2) is 0 Å². The first kappa shape index (κ1) is 15.2. The maximum atomic E-state index is 12.3. The molecule has 0 atom stereocenters. The van der Waals surface area contributed by atoms with Crippen LogP contribution in [0.4, 0.5) is 0 Å². The van der Waals surface area contributed by atoms with Crippen molar-refractivity contribution in [3.05, 3.63) is 35.4 Å². The molecule has 0 aromatic heterocycles. The first-order valence-corrected chi connectivity index (χ1v) is 7.85. The predicted octanol–water partition coefficient (Wildman–Crippen LogP) is 3.94. The molecule has 0 aliphatic carbocycles. The molecule has 2 heteroatoms. The lowest BCUT2D eigenvalue weighted by Gasteiger charge is -2.22. The molecule has 1 fully saturated rings. The maximum absolute atomic E-state index is 12.3. The molecule has 1 heterocycles. The number of carbonyl (C=O) groups is 1. The standard InChI is InChI=1S/C18H27NO/c1-4-15-6-8-16(9-7-15)17(20)14-19-12-5-10-18(2,3)11-13-19/h6-9H,4-5,10-14H2,1-3H3. The predicted molar refractivity (Wildman–Crippen MR) is 84.2 cm³/mol. The zero-order chi connectivity index (χ0) is 14.6. The minimum atomic E-state index is 0.257. The topological polar surface area (TPSA) is 20.3 Å². The molecule has 0 bridgehead atoms. The second-order valence-corrected chi connectivity index (χ2v) is 6.77. The van der Waals surface area contributed by atoms with E-state index in [2.05, 4.69) is 37.8 Å². The van der Waals surface area contributed by atoms with Gasteiger partial charge in [-0.1, -0.05) is 45.0 Å². The van der Waals surface area contributed by atoms with Gasteiger partial charge in [0.15, 0.2) is 5.78 Å². The van der Waals surface area contributed by atoms with Crippen LogP contribution in [0.2, 0.25) is 0 Å². The van der Waals surface area contributed by atoms with Crippen molar-refractivity contribution in [2.75, 3.05) is 19.6 Å². The normalized spacial score (nSPS) is 19.6. The average Bonchev–Trinajstić information content (AvgIpc) is 2.60. The van der Waals surface area contributed by atoms with Crippen molar-refractivity contribution in [3.63, 3.8) is 0 Å². The number of hydrogen-bond acceptors (Lipinski definition) is 2. The van der Waals surface area contributed by atoms with Gasteiger partial charge in [0.25, 0.3) is 0 Å². The zero-order valence-electron chi connectivity index (χ0n) is 13.1. The molecule has 0 saturated carbocycles. The fraction of sp³-hybridized carbons (Fsp3) is 0.611. The van der Waals surface area contributed by atoms with Gasteiger partial charge >= 0.3 is 0 Å². The first-order chi connectivity index (χ1) is 9.50. The molecule has 0 N–H and O–H groups in total. The molecule has 2 rings (SSSR count). The molecule has 1 aromatic rings. The fourth-order valence-electron chi connectivity index (χ4n) is 2.86. The Labute approximate surface area is 123 Å². The van der Waals surface area contributed by atoms with Crippen molar-refractivity contribution >= 4 is 5.78 Å². The monoisotopic (exact) mass is 273 g/mol. The summed E-state index contributed by atoms with van der Waals surface area (Å²) in [6.07, 6.45) is 4.68. The van der Waals surface area contributed by atoms with E-state index in [-0.39, 0.29) is 5.78 Å². The van der Waals surface area contributed by atoms with E-state index in [1.54, 1.807) is 0 Å². The van der Waals surface area contributed by atoms with Gasteiger partial charge in [0.1, 0.15) is 0 Å². The third-order valence-corrected chi connectivity index (χ3v) is 4.48. The molecule has 1 aliphatic rings. The number of rotatable bonds is 4. The number of nitrogens with zero attached hydrogens (tertiary/aromatic N) is 1. The zero-order valence-corrected chi connectivity index (χ0v) is 13.1. The summed E-state index contributed by atoms with van der Waals surface area (Å²) >= 11 is 0. The van der Waals surface area contributed by atoms with E-state index < -0.39 is 0 Å². The van der Waals surface area contributed by atoms with Gasteiger partial charge in [-0.2, -0.15) is 0 Å². The number of carbonyl (C=O) groups excluding carboxylic acids is 1. The van der Waals surface area contributed by atoms with E-state index >= 15 is 0 Å². The molecule has 1 aliphatic heterocycles. The van der Waals surface area contributed by atoms with Crippen molar-refractivity contribution in [3.8, 4) is 0 Å². The second-order valence-electron chi connectivity index (χ2n) is 6.77. The van der Waals surface area contributed by atoms with Gasteiger partial charge in [0, 0.05) is 5.56 Å². The van der Waals surface area contributed by atoms with E-state index in [4.69, 9.17) is 0 Å². The highest BCUT2D eigenvalue weighted by Crippen LogP contribution is 2.29. The summed E-state index contributed by atoms with van der Waals surface area (Å²) in [4.78, 5) is 14.7. The molecule has 20 heavy (non-hydrogen) atoms. The SMILES string of the molecule is CCc1ccc(C(=O)CN2CCCC(C)(C)CC2)cc1. The van der Waals surface area contributed by atoms with E-state index in [9.17, 15) is 4.79 Å². The van der Waals surface area contributed by atoms with Crippen LogP contribution < -0.4 is 0 Å². The van der Waals surface area contributed by atoms with Crippen molar-refractivity contribution in [2.24, 2.45) is 5.41 Å². The Bertz CT molecular complexity index is 447. The third-order valence-electron chi connectivity index (χ3n) is 4.48. The summed E-state index contributed by atoms with van der Waals surface area (Å²) in [5.74, 6) is 0.257. The van der Waals surface area contributed by atoms with Crippen LogP contribution in [-0.4, -0.2) is 30.3 Å². The van der Waals surface area contributed by atoms with Crippen LogP contribution in [0.5, 0.6) is 0 Å². The minimum Gasteiger partial charge on any atom is -0.296 e. The van der Waals surface area contributed by atoms with Crippen LogP contribution in [0.3, 0.4) is 0 Å². The highest BCUT2D eigenvalue weighted by atomic mass is 16.1. The van der Waals surface area contributed by atoms with Gasteiger partial charge in [-0.3, -0.25) is 9.69 Å². The summed E-state index contributed by atoms with van der Waals surface area (Å²) in [5.41, 5.74) is 2.57. The largest absolute Gasteiger partial charge is 0.296 e. The van der Waals surface area contributed by atoms with Crippen molar-refractivity contribution in [1.29, 1.82) is 0 Å². The highest BCUT2D eigenvalue weighted by molar-refractivity contribution is 5.97. The lowest BCUT2D eigenvalue weighted by molar-refractivity contribution is 0.0930. The number of hydrogen-bond donors (Lipinski definition) is 0. The number of benzene rings is 1. The maximum Gasteiger partial charge on any atom is 0.176 e. The molecular formula is C18H27NO. The molecule has 0 spiro atoms. The Morgan fingerprint density at radius 3 is 2.50 bits per heavy atom. The van der Waals surface area contributed by atoms with E-state index in [1.165, 1.54) is 24.8 Å². The molecule has 1 saturated heterocycles. The van der Waals surface area contributed by atoms with Gasteiger partial charge in [0.2, 0.25) is 0 Å². The third kappa shape index (κ3) is 4.17. The summed E-state index contributed by atoms with van der Waals surface area (Å²) in [5, 5.41) is 0. The molecule has 0 amide bonds. The van der Waals surface area contributed by atoms with Crippen molar-refractivity contribution in [1.82, 2.24) is 4.90 Å². The van der Waals surface area contributed by atoms with Crippen molar-refractivity contribution in [2.45, 2.75) is 46.5 Å². The van der Waals surface area contributed by atoms with E-state index in [0.717, 1.165) is 25.1 Å². The van der Waals surface area contributed by atoms with Crippen LogP contribution in [0.15, 0.2) is 24.3 Å². The van der Waals surface area contributed by atoms with E-state index in [0.29, 0.717) is 12.0 Å². The van der Waals surface area contributed by atoms with Gasteiger partial charge in [0.05, 0.1) is 6.54 Å². The summed E-state index contributed by atoms with van der Waals surface area (Å²) in [6.45, 7) is 9.48. The average molecular weight is 273 g/mol. The van der Waals surface area contributed by atoms with Crippen molar-refractivity contribution < 1.29 is 4.79 Å². The van der Waals surface area contributed by atoms with Crippen LogP contribution in [0.25, 0.3) is 0 Å². The Balaban J connectivity index is 1.93. The van der Waals surface area contributed by atoms with Gasteiger partial charge in [-0.05, 0) is 49.8 Å². The van der Waals surface area contributed by atoms with Gasteiger partial charge in [-0.15, -0.1) is 0 Å². The highest BCUT2D eigenvalue weighted by Gasteiger charge is 2.24. The van der Waals surface area contributed by atoms with Crippen LogP contribution >= 0.6 is 0 Å². The Kier molecular flexibility index (Phi) is 4.98. The lowest BCUT2D eigenvalue weighted by atomic mass is 9.85. The van der Waals surface area contributed by atoms with Crippen LogP contribution in [0, 0.1) is 5.41 Å². The number of ketones is 1.